The Balaban J connectivity index is 2.65. The molecule has 0 bridgehead atoms. The van der Waals surface area contributed by atoms with Gasteiger partial charge in [0.05, 0.1) is 6.10 Å². The van der Waals surface area contributed by atoms with Crippen LogP contribution in [0, 0.1) is 0 Å². The summed E-state index contributed by atoms with van der Waals surface area (Å²) in [6.07, 6.45) is 0.728. The summed E-state index contributed by atoms with van der Waals surface area (Å²) in [6, 6.07) is 6.88. The van der Waals surface area contributed by atoms with E-state index in [9.17, 15) is 0 Å². The molecule has 88 valence electrons. The van der Waals surface area contributed by atoms with E-state index in [1.165, 1.54) is 0 Å². The van der Waals surface area contributed by atoms with E-state index in [-0.39, 0.29) is 6.10 Å². The SMILES string of the molecule is COCCC(C)Oc1ccccc1B(O)O. The lowest BCUT2D eigenvalue weighted by Crippen LogP contribution is -2.32. The lowest BCUT2D eigenvalue weighted by atomic mass is 9.79. The van der Waals surface area contributed by atoms with E-state index in [1.54, 1.807) is 31.4 Å². The molecule has 0 aromatic heterocycles. The van der Waals surface area contributed by atoms with Gasteiger partial charge in [-0.3, -0.25) is 0 Å². The van der Waals surface area contributed by atoms with Gasteiger partial charge in [-0.15, -0.1) is 0 Å². The van der Waals surface area contributed by atoms with Crippen LogP contribution < -0.4 is 10.2 Å². The smallest absolute Gasteiger partial charge is 0.491 e. The summed E-state index contributed by atoms with van der Waals surface area (Å²) in [6.45, 7) is 2.53. The van der Waals surface area contributed by atoms with E-state index in [1.807, 2.05) is 6.92 Å². The topological polar surface area (TPSA) is 58.9 Å². The maximum Gasteiger partial charge on any atom is 0.492 e. The van der Waals surface area contributed by atoms with E-state index in [2.05, 4.69) is 0 Å². The second-order valence-electron chi connectivity index (χ2n) is 3.62. The highest BCUT2D eigenvalue weighted by Crippen LogP contribution is 2.11. The van der Waals surface area contributed by atoms with Crippen molar-refractivity contribution in [2.45, 2.75) is 19.4 Å². The van der Waals surface area contributed by atoms with Gasteiger partial charge in [0.1, 0.15) is 5.75 Å². The molecule has 0 aliphatic rings. The van der Waals surface area contributed by atoms with Gasteiger partial charge in [0.25, 0.3) is 0 Å². The minimum Gasteiger partial charge on any atom is -0.491 e. The molecule has 2 N–H and O–H groups in total. The molecule has 1 unspecified atom stereocenters. The number of benzene rings is 1. The Hall–Kier alpha value is -1.04. The molecule has 1 atom stereocenters. The molecule has 1 aromatic rings. The summed E-state index contributed by atoms with van der Waals surface area (Å²) < 4.78 is 10.6. The third-order valence-corrected chi connectivity index (χ3v) is 2.25. The molecule has 0 aliphatic carbocycles. The Morgan fingerprint density at radius 3 is 2.62 bits per heavy atom. The van der Waals surface area contributed by atoms with Crippen molar-refractivity contribution in [2.24, 2.45) is 0 Å². The lowest BCUT2D eigenvalue weighted by molar-refractivity contribution is 0.135. The van der Waals surface area contributed by atoms with E-state index >= 15 is 0 Å². The minimum absolute atomic E-state index is 0.0279. The average molecular weight is 224 g/mol. The number of methoxy groups -OCH3 is 1. The van der Waals surface area contributed by atoms with Gasteiger partial charge in [0.15, 0.2) is 0 Å². The van der Waals surface area contributed by atoms with Gasteiger partial charge in [0, 0.05) is 25.6 Å². The Morgan fingerprint density at radius 1 is 1.31 bits per heavy atom. The highest BCUT2D eigenvalue weighted by Gasteiger charge is 2.17. The summed E-state index contributed by atoms with van der Waals surface area (Å²) >= 11 is 0. The third-order valence-electron chi connectivity index (χ3n) is 2.25. The Labute approximate surface area is 96.0 Å². The maximum absolute atomic E-state index is 9.14. The molecule has 1 rings (SSSR count). The van der Waals surface area contributed by atoms with Crippen molar-refractivity contribution in [1.29, 1.82) is 0 Å². The number of rotatable bonds is 6. The predicted octanol–water partition coefficient (Wildman–Crippen LogP) is 0.170. The molecule has 0 spiro atoms. The van der Waals surface area contributed by atoms with Crippen molar-refractivity contribution >= 4 is 12.6 Å². The number of para-hydroxylation sites is 1. The fourth-order valence-corrected chi connectivity index (χ4v) is 1.36. The first-order valence-corrected chi connectivity index (χ1v) is 5.25. The number of hydrogen-bond donors (Lipinski definition) is 2. The summed E-state index contributed by atoms with van der Waals surface area (Å²) in [5, 5.41) is 18.3. The molecule has 0 saturated heterocycles. The molecule has 4 nitrogen and oxygen atoms in total. The second kappa shape index (κ2) is 6.53. The molecule has 0 saturated carbocycles. The van der Waals surface area contributed by atoms with Crippen LogP contribution in [0.2, 0.25) is 0 Å². The highest BCUT2D eigenvalue weighted by molar-refractivity contribution is 6.59. The summed E-state index contributed by atoms with van der Waals surface area (Å²) in [4.78, 5) is 0. The molecular weight excluding hydrogens is 207 g/mol. The fourth-order valence-electron chi connectivity index (χ4n) is 1.36. The van der Waals surface area contributed by atoms with Crippen molar-refractivity contribution in [1.82, 2.24) is 0 Å². The Bertz CT molecular complexity index is 317. The van der Waals surface area contributed by atoms with E-state index in [0.717, 1.165) is 6.42 Å². The van der Waals surface area contributed by atoms with E-state index in [4.69, 9.17) is 19.5 Å². The zero-order chi connectivity index (χ0) is 12.0. The molecule has 0 heterocycles. The Morgan fingerprint density at radius 2 is 2.00 bits per heavy atom. The van der Waals surface area contributed by atoms with Gasteiger partial charge < -0.3 is 19.5 Å². The predicted molar refractivity (Wildman–Crippen MR) is 62.9 cm³/mol. The molecular formula is C11H17BO4. The van der Waals surface area contributed by atoms with Crippen molar-refractivity contribution < 1.29 is 19.5 Å². The summed E-state index contributed by atoms with van der Waals surface area (Å²) in [7, 11) is 0.129. The van der Waals surface area contributed by atoms with E-state index < -0.39 is 7.12 Å². The molecule has 0 fully saturated rings. The van der Waals surface area contributed by atoms with Crippen LogP contribution in [0.25, 0.3) is 0 Å². The molecule has 0 aliphatic heterocycles. The zero-order valence-electron chi connectivity index (χ0n) is 9.59. The minimum atomic E-state index is -1.51. The Kier molecular flexibility index (Phi) is 5.32. The van der Waals surface area contributed by atoms with Crippen molar-refractivity contribution in [3.8, 4) is 5.75 Å². The maximum atomic E-state index is 9.14. The first-order chi connectivity index (χ1) is 7.65. The van der Waals surface area contributed by atoms with Crippen LogP contribution in [0.3, 0.4) is 0 Å². The van der Waals surface area contributed by atoms with Crippen molar-refractivity contribution in [2.75, 3.05) is 13.7 Å². The summed E-state index contributed by atoms with van der Waals surface area (Å²) in [5.41, 5.74) is 0.381. The third kappa shape index (κ3) is 3.85. The van der Waals surface area contributed by atoms with Crippen LogP contribution in [0.5, 0.6) is 5.75 Å². The van der Waals surface area contributed by atoms with Gasteiger partial charge >= 0.3 is 7.12 Å². The molecule has 5 heteroatoms. The average Bonchev–Trinajstić information content (AvgIpc) is 2.27. The number of hydrogen-bond acceptors (Lipinski definition) is 4. The zero-order valence-corrected chi connectivity index (χ0v) is 9.59. The summed E-state index contributed by atoms with van der Waals surface area (Å²) in [5.74, 6) is 0.501. The van der Waals surface area contributed by atoms with Crippen LogP contribution >= 0.6 is 0 Å². The molecule has 16 heavy (non-hydrogen) atoms. The fraction of sp³-hybridized carbons (Fsp3) is 0.455. The molecule has 0 radical (unpaired) electrons. The van der Waals surface area contributed by atoms with Gasteiger partial charge in [-0.1, -0.05) is 18.2 Å². The largest absolute Gasteiger partial charge is 0.492 e. The number of ether oxygens (including phenoxy) is 2. The van der Waals surface area contributed by atoms with Gasteiger partial charge in [-0.2, -0.15) is 0 Å². The van der Waals surface area contributed by atoms with Crippen LogP contribution in [-0.4, -0.2) is 37.0 Å². The molecule has 1 aromatic carbocycles. The first kappa shape index (κ1) is 13.0. The van der Waals surface area contributed by atoms with Crippen LogP contribution in [0.15, 0.2) is 24.3 Å². The van der Waals surface area contributed by atoms with Gasteiger partial charge in [-0.25, -0.2) is 0 Å². The van der Waals surface area contributed by atoms with Crippen LogP contribution in [0.1, 0.15) is 13.3 Å². The van der Waals surface area contributed by atoms with Crippen LogP contribution in [-0.2, 0) is 4.74 Å². The van der Waals surface area contributed by atoms with Gasteiger partial charge in [-0.05, 0) is 13.0 Å². The van der Waals surface area contributed by atoms with Crippen molar-refractivity contribution in [3.05, 3.63) is 24.3 Å². The first-order valence-electron chi connectivity index (χ1n) is 5.25. The van der Waals surface area contributed by atoms with Crippen LogP contribution in [0.4, 0.5) is 0 Å². The van der Waals surface area contributed by atoms with Crippen molar-refractivity contribution in [3.63, 3.8) is 0 Å². The monoisotopic (exact) mass is 224 g/mol. The standard InChI is InChI=1S/C11H17BO4/c1-9(7-8-15-2)16-11-6-4-3-5-10(11)12(13)14/h3-6,9,13-14H,7-8H2,1-2H3. The molecule has 0 amide bonds. The van der Waals surface area contributed by atoms with Gasteiger partial charge in [0.2, 0.25) is 0 Å². The second-order valence-corrected chi connectivity index (χ2v) is 3.62. The highest BCUT2D eigenvalue weighted by atomic mass is 16.5. The van der Waals surface area contributed by atoms with E-state index in [0.29, 0.717) is 17.8 Å². The normalized spacial score (nSPS) is 12.2. The quantitative estimate of drug-likeness (QED) is 0.676. The lowest BCUT2D eigenvalue weighted by Gasteiger charge is -2.16.